The number of aromatic nitrogens is 4. The summed E-state index contributed by atoms with van der Waals surface area (Å²) < 4.78 is 20.3. The average Bonchev–Trinajstić information content (AvgIpc) is 3.35. The zero-order chi connectivity index (χ0) is 19.7. The third-order valence-electron chi connectivity index (χ3n) is 4.61. The van der Waals surface area contributed by atoms with Gasteiger partial charge in [0.05, 0.1) is 25.8 Å². The van der Waals surface area contributed by atoms with Gasteiger partial charge in [-0.3, -0.25) is 14.9 Å². The number of carbonyl (C=O) groups excluding carboxylic acids is 2. The standard InChI is InChI=1S/C17H20FN7O3/c1-28-5-3-19-16-22-14-11(6-10-7-13(26)21-15(10)27)8-20-25(14)17(23-16)24-4-2-12(18)9-24/h6,8,12H,2-5,7,9H2,1H3,(H,19,22)(H,21,26,27). The van der Waals surface area contributed by atoms with E-state index in [1.54, 1.807) is 19.4 Å². The molecule has 11 heteroatoms. The second-order valence-electron chi connectivity index (χ2n) is 6.66. The molecule has 2 fully saturated rings. The molecule has 4 rings (SSSR count). The van der Waals surface area contributed by atoms with Crippen LogP contribution < -0.4 is 15.5 Å². The highest BCUT2D eigenvalue weighted by Gasteiger charge is 2.27. The van der Waals surface area contributed by atoms with Crippen molar-refractivity contribution in [3.05, 3.63) is 17.3 Å². The maximum absolute atomic E-state index is 13.7. The third-order valence-corrected chi connectivity index (χ3v) is 4.61. The van der Waals surface area contributed by atoms with Crippen molar-refractivity contribution < 1.29 is 18.7 Å². The molecule has 1 unspecified atom stereocenters. The molecule has 2 amide bonds. The number of methoxy groups -OCH3 is 1. The van der Waals surface area contributed by atoms with Gasteiger partial charge in [0, 0.05) is 31.3 Å². The second-order valence-corrected chi connectivity index (χ2v) is 6.66. The van der Waals surface area contributed by atoms with Gasteiger partial charge in [-0.05, 0) is 12.5 Å². The first-order valence-electron chi connectivity index (χ1n) is 8.97. The highest BCUT2D eigenvalue weighted by Crippen LogP contribution is 2.25. The molecule has 0 saturated carbocycles. The van der Waals surface area contributed by atoms with Crippen molar-refractivity contribution in [1.29, 1.82) is 0 Å². The van der Waals surface area contributed by atoms with Crippen LogP contribution in [-0.2, 0) is 14.3 Å². The molecular weight excluding hydrogens is 369 g/mol. The summed E-state index contributed by atoms with van der Waals surface area (Å²) in [7, 11) is 1.60. The minimum absolute atomic E-state index is 0.0166. The molecule has 0 bridgehead atoms. The van der Waals surface area contributed by atoms with E-state index in [1.807, 2.05) is 4.90 Å². The van der Waals surface area contributed by atoms with E-state index in [4.69, 9.17) is 4.74 Å². The van der Waals surface area contributed by atoms with Crippen molar-refractivity contribution in [2.75, 3.05) is 43.6 Å². The number of carbonyl (C=O) groups is 2. The van der Waals surface area contributed by atoms with Gasteiger partial charge in [-0.1, -0.05) is 0 Å². The lowest BCUT2D eigenvalue weighted by Crippen LogP contribution is -2.25. The fourth-order valence-electron chi connectivity index (χ4n) is 3.24. The van der Waals surface area contributed by atoms with Crippen LogP contribution in [0.25, 0.3) is 11.7 Å². The van der Waals surface area contributed by atoms with Gasteiger partial charge in [-0.2, -0.15) is 19.6 Å². The summed E-state index contributed by atoms with van der Waals surface area (Å²) in [6.07, 6.45) is 2.68. The highest BCUT2D eigenvalue weighted by atomic mass is 19.1. The molecular formula is C17H20FN7O3. The van der Waals surface area contributed by atoms with Crippen molar-refractivity contribution in [2.24, 2.45) is 0 Å². The number of anilines is 2. The summed E-state index contributed by atoms with van der Waals surface area (Å²) in [5, 5.41) is 9.65. The minimum atomic E-state index is -0.916. The largest absolute Gasteiger partial charge is 0.383 e. The van der Waals surface area contributed by atoms with E-state index in [0.29, 0.717) is 54.8 Å². The van der Waals surface area contributed by atoms with Crippen molar-refractivity contribution >= 4 is 35.4 Å². The molecule has 2 aliphatic rings. The average molecular weight is 389 g/mol. The normalized spacial score (nSPS) is 21.1. The van der Waals surface area contributed by atoms with Crippen molar-refractivity contribution in [1.82, 2.24) is 24.9 Å². The molecule has 0 aliphatic carbocycles. The van der Waals surface area contributed by atoms with Crippen LogP contribution in [0.4, 0.5) is 16.3 Å². The fourth-order valence-corrected chi connectivity index (χ4v) is 3.24. The number of nitrogens with one attached hydrogen (secondary N) is 2. The molecule has 148 valence electrons. The Hall–Kier alpha value is -3.08. The van der Waals surface area contributed by atoms with Gasteiger partial charge in [0.1, 0.15) is 6.17 Å². The molecule has 28 heavy (non-hydrogen) atoms. The third kappa shape index (κ3) is 3.52. The Morgan fingerprint density at radius 1 is 1.43 bits per heavy atom. The summed E-state index contributed by atoms with van der Waals surface area (Å²) in [6, 6.07) is 0. The summed E-state index contributed by atoms with van der Waals surface area (Å²) in [5.74, 6) is 0.0727. The predicted octanol–water partition coefficient (Wildman–Crippen LogP) is 0.161. The molecule has 2 saturated heterocycles. The molecule has 0 aromatic carbocycles. The number of fused-ring (bicyclic) bond motifs is 1. The number of nitrogens with zero attached hydrogens (tertiary/aromatic N) is 5. The quantitative estimate of drug-likeness (QED) is 0.408. The van der Waals surface area contributed by atoms with Crippen molar-refractivity contribution in [3.8, 4) is 0 Å². The van der Waals surface area contributed by atoms with E-state index in [9.17, 15) is 14.0 Å². The maximum Gasteiger partial charge on any atom is 0.254 e. The number of imide groups is 1. The van der Waals surface area contributed by atoms with Crippen LogP contribution in [0.2, 0.25) is 0 Å². The van der Waals surface area contributed by atoms with E-state index >= 15 is 0 Å². The monoisotopic (exact) mass is 389 g/mol. The SMILES string of the molecule is COCCNc1nc(N2CCC(F)C2)n2ncc(C=C3CC(=O)NC3=O)c2n1. The Morgan fingerprint density at radius 3 is 2.96 bits per heavy atom. The molecule has 4 heterocycles. The predicted molar refractivity (Wildman–Crippen MR) is 98.6 cm³/mol. The molecule has 0 radical (unpaired) electrons. The Bertz CT molecular complexity index is 958. The van der Waals surface area contributed by atoms with Crippen LogP contribution in [0.15, 0.2) is 11.8 Å². The van der Waals surface area contributed by atoms with Crippen molar-refractivity contribution in [3.63, 3.8) is 0 Å². The van der Waals surface area contributed by atoms with E-state index in [0.717, 1.165) is 0 Å². The van der Waals surface area contributed by atoms with Crippen LogP contribution >= 0.6 is 0 Å². The number of alkyl halides is 1. The number of hydrogen-bond donors (Lipinski definition) is 2. The summed E-state index contributed by atoms with van der Waals surface area (Å²) >= 11 is 0. The van der Waals surface area contributed by atoms with Crippen LogP contribution in [0.5, 0.6) is 0 Å². The molecule has 2 N–H and O–H groups in total. The maximum atomic E-state index is 13.7. The molecule has 2 aliphatic heterocycles. The number of rotatable bonds is 6. The van der Waals surface area contributed by atoms with Gasteiger partial charge in [0.15, 0.2) is 5.65 Å². The molecule has 1 atom stereocenters. The fraction of sp³-hybridized carbons (Fsp3) is 0.471. The van der Waals surface area contributed by atoms with Gasteiger partial charge in [0.25, 0.3) is 5.91 Å². The minimum Gasteiger partial charge on any atom is -0.383 e. The van der Waals surface area contributed by atoms with Crippen molar-refractivity contribution in [2.45, 2.75) is 19.0 Å². The summed E-state index contributed by atoms with van der Waals surface area (Å²) in [6.45, 7) is 1.73. The first-order chi connectivity index (χ1) is 13.5. The number of hydrogen-bond acceptors (Lipinski definition) is 8. The smallest absolute Gasteiger partial charge is 0.254 e. The number of amides is 2. The van der Waals surface area contributed by atoms with Gasteiger partial charge >= 0.3 is 0 Å². The molecule has 0 spiro atoms. The van der Waals surface area contributed by atoms with E-state index in [-0.39, 0.29) is 18.9 Å². The van der Waals surface area contributed by atoms with Gasteiger partial charge in [0.2, 0.25) is 17.8 Å². The Kier molecular flexibility index (Phi) is 4.90. The second kappa shape index (κ2) is 7.50. The Balaban J connectivity index is 1.75. The molecule has 2 aromatic rings. The number of halogens is 1. The van der Waals surface area contributed by atoms with Crippen LogP contribution in [0.1, 0.15) is 18.4 Å². The van der Waals surface area contributed by atoms with Crippen LogP contribution in [0.3, 0.4) is 0 Å². The first kappa shape index (κ1) is 18.3. The molecule has 2 aromatic heterocycles. The number of ether oxygens (including phenoxy) is 1. The highest BCUT2D eigenvalue weighted by molar-refractivity contribution is 6.15. The topological polar surface area (TPSA) is 114 Å². The van der Waals surface area contributed by atoms with E-state index in [2.05, 4.69) is 25.7 Å². The van der Waals surface area contributed by atoms with E-state index in [1.165, 1.54) is 4.52 Å². The van der Waals surface area contributed by atoms with E-state index < -0.39 is 12.1 Å². The lowest BCUT2D eigenvalue weighted by Gasteiger charge is -2.18. The molecule has 10 nitrogen and oxygen atoms in total. The van der Waals surface area contributed by atoms with Gasteiger partial charge < -0.3 is 15.0 Å². The zero-order valence-corrected chi connectivity index (χ0v) is 15.3. The zero-order valence-electron chi connectivity index (χ0n) is 15.3. The first-order valence-corrected chi connectivity index (χ1v) is 8.97. The Labute approximate surface area is 159 Å². The summed E-state index contributed by atoms with van der Waals surface area (Å²) in [5.41, 5.74) is 1.39. The van der Waals surface area contributed by atoms with Crippen LogP contribution in [0, 0.1) is 0 Å². The van der Waals surface area contributed by atoms with Gasteiger partial charge in [-0.15, -0.1) is 0 Å². The summed E-state index contributed by atoms with van der Waals surface area (Å²) in [4.78, 5) is 34.1. The Morgan fingerprint density at radius 2 is 2.29 bits per heavy atom. The van der Waals surface area contributed by atoms with Gasteiger partial charge in [-0.25, -0.2) is 4.39 Å². The van der Waals surface area contributed by atoms with Crippen LogP contribution in [-0.4, -0.2) is 70.9 Å². The lowest BCUT2D eigenvalue weighted by atomic mass is 10.1. The lowest BCUT2D eigenvalue weighted by molar-refractivity contribution is -0.124.